The smallest absolute Gasteiger partial charge is 0.319 e. The van der Waals surface area contributed by atoms with Gasteiger partial charge < -0.3 is 18.8 Å². The Hall–Kier alpha value is -2.93. The van der Waals surface area contributed by atoms with Crippen LogP contribution < -0.4 is 4.90 Å². The number of furan rings is 1. The zero-order valence-electron chi connectivity index (χ0n) is 18.5. The first-order valence-corrected chi connectivity index (χ1v) is 11.0. The first-order valence-electron chi connectivity index (χ1n) is 10.0. The Morgan fingerprint density at radius 2 is 1.87 bits per heavy atom. The van der Waals surface area contributed by atoms with Crippen LogP contribution in [-0.2, 0) is 11.2 Å². The van der Waals surface area contributed by atoms with Gasteiger partial charge in [-0.15, -0.1) is 11.8 Å². The number of aryl methyl sites for hydroxylation is 1. The molecule has 164 valence electrons. The second-order valence-corrected chi connectivity index (χ2v) is 9.62. The Labute approximate surface area is 187 Å². The van der Waals surface area contributed by atoms with E-state index in [9.17, 15) is 4.79 Å². The Morgan fingerprint density at radius 1 is 1.16 bits per heavy atom. The summed E-state index contributed by atoms with van der Waals surface area (Å²) in [5, 5.41) is 9.15. The molecule has 0 aliphatic carbocycles. The molecule has 0 radical (unpaired) electrons. The number of thioether (sulfide) groups is 1. The number of oxazole rings is 1. The molecule has 1 aromatic carbocycles. The van der Waals surface area contributed by atoms with E-state index in [4.69, 9.17) is 13.9 Å². The van der Waals surface area contributed by atoms with Crippen LogP contribution in [0.15, 0.2) is 51.3 Å². The molecule has 31 heavy (non-hydrogen) atoms. The third kappa shape index (κ3) is 5.82. The molecule has 2 heterocycles. The highest BCUT2D eigenvalue weighted by atomic mass is 32.2. The van der Waals surface area contributed by atoms with Gasteiger partial charge in [-0.3, -0.25) is 4.79 Å². The van der Waals surface area contributed by atoms with Crippen molar-refractivity contribution in [1.82, 2.24) is 4.98 Å². The van der Waals surface area contributed by atoms with Crippen molar-refractivity contribution < 1.29 is 18.7 Å². The van der Waals surface area contributed by atoms with Crippen LogP contribution in [-0.4, -0.2) is 40.7 Å². The Kier molecular flexibility index (Phi) is 6.95. The molecule has 3 aromatic rings. The van der Waals surface area contributed by atoms with E-state index in [0.29, 0.717) is 18.1 Å². The number of anilines is 1. The van der Waals surface area contributed by atoms with E-state index in [2.05, 4.69) is 4.98 Å². The molecule has 0 saturated carbocycles. The lowest BCUT2D eigenvalue weighted by Gasteiger charge is -2.16. The molecule has 2 aromatic heterocycles. The van der Waals surface area contributed by atoms with Crippen LogP contribution in [0.25, 0.3) is 17.5 Å². The van der Waals surface area contributed by atoms with Crippen molar-refractivity contribution in [1.29, 1.82) is 0 Å². The fourth-order valence-corrected chi connectivity index (χ4v) is 3.58. The highest BCUT2D eigenvalue weighted by Gasteiger charge is 2.26. The number of aromatic nitrogens is 1. The number of rotatable bonds is 9. The molecule has 3 rings (SSSR count). The molecule has 0 unspecified atom stereocenters. The molecule has 0 aliphatic heterocycles. The molecular formula is C24H28N2O4S. The van der Waals surface area contributed by atoms with Crippen molar-refractivity contribution in [3.63, 3.8) is 0 Å². The first kappa shape index (κ1) is 22.7. The number of nitrogens with zero attached hydrogens (tertiary/aromatic N) is 2. The Morgan fingerprint density at radius 3 is 2.52 bits per heavy atom. The normalized spacial score (nSPS) is 11.9. The van der Waals surface area contributed by atoms with E-state index in [0.717, 1.165) is 34.2 Å². The fourth-order valence-electron chi connectivity index (χ4n) is 2.84. The summed E-state index contributed by atoms with van der Waals surface area (Å²) < 4.78 is 10.9. The van der Waals surface area contributed by atoms with Gasteiger partial charge in [-0.25, -0.2) is 4.98 Å². The summed E-state index contributed by atoms with van der Waals surface area (Å²) in [4.78, 5) is 17.9. The van der Waals surface area contributed by atoms with Crippen molar-refractivity contribution in [2.75, 3.05) is 24.7 Å². The summed E-state index contributed by atoms with van der Waals surface area (Å²) in [5.41, 5.74) is 2.90. The lowest BCUT2D eigenvalue weighted by molar-refractivity contribution is -0.138. The average molecular weight is 441 g/mol. The minimum atomic E-state index is -0.817. The maximum absolute atomic E-state index is 11.1. The lowest BCUT2D eigenvalue weighted by Crippen LogP contribution is -2.27. The molecule has 0 aliphatic rings. The zero-order chi connectivity index (χ0) is 22.6. The summed E-state index contributed by atoms with van der Waals surface area (Å²) >= 11 is 1.37. The number of benzene rings is 1. The fraction of sp³-hybridized carbons (Fsp3) is 0.333. The summed E-state index contributed by atoms with van der Waals surface area (Å²) in [6.07, 6.45) is 4.32. The molecule has 0 saturated heterocycles. The zero-order valence-corrected chi connectivity index (χ0v) is 19.3. The van der Waals surface area contributed by atoms with Crippen LogP contribution in [0.2, 0.25) is 0 Å². The van der Waals surface area contributed by atoms with Crippen molar-refractivity contribution in [3.8, 4) is 11.5 Å². The minimum absolute atomic E-state index is 0.541. The molecule has 0 spiro atoms. The number of carboxylic acid groups (broad SMARTS) is 1. The van der Waals surface area contributed by atoms with Gasteiger partial charge in [0.2, 0.25) is 5.89 Å². The number of carboxylic acids is 1. The summed E-state index contributed by atoms with van der Waals surface area (Å²) in [7, 11) is 4.01. The Bertz CT molecular complexity index is 1060. The van der Waals surface area contributed by atoms with Crippen LogP contribution in [0.1, 0.15) is 36.8 Å². The number of hydrogen-bond acceptors (Lipinski definition) is 6. The van der Waals surface area contributed by atoms with E-state index in [1.54, 1.807) is 13.8 Å². The van der Waals surface area contributed by atoms with Crippen LogP contribution in [0.4, 0.5) is 5.69 Å². The number of aliphatic carboxylic acids is 1. The van der Waals surface area contributed by atoms with E-state index in [1.807, 2.05) is 74.5 Å². The van der Waals surface area contributed by atoms with Gasteiger partial charge in [0.05, 0.1) is 12.1 Å². The monoisotopic (exact) mass is 440 g/mol. The third-order valence-electron chi connectivity index (χ3n) is 4.88. The molecule has 0 fully saturated rings. The predicted molar refractivity (Wildman–Crippen MR) is 126 cm³/mol. The maximum atomic E-state index is 11.1. The van der Waals surface area contributed by atoms with Gasteiger partial charge >= 0.3 is 5.97 Å². The quantitative estimate of drug-likeness (QED) is 0.470. The standard InChI is InChI=1S/C24H28N2O4S/c1-16-21(25-22(29-16)17-8-10-18(11-9-17)26(4)5)15-20-13-12-19(30-20)7-6-14-31-24(2,3)23(27)28/h6-13H,14-15H2,1-5H3,(H,27,28)/b7-6+. The lowest BCUT2D eigenvalue weighted by atomic mass is 10.2. The van der Waals surface area contributed by atoms with Gasteiger partial charge in [0, 0.05) is 31.1 Å². The first-order chi connectivity index (χ1) is 14.7. The molecular weight excluding hydrogens is 412 g/mol. The van der Waals surface area contributed by atoms with Crippen LogP contribution in [0.5, 0.6) is 0 Å². The number of carbonyl (C=O) groups is 1. The SMILES string of the molecule is Cc1oc(-c2ccc(N(C)C)cc2)nc1Cc1ccc(/C=C/CSC(C)(C)C(=O)O)o1. The van der Waals surface area contributed by atoms with Crippen LogP contribution in [0.3, 0.4) is 0 Å². The highest BCUT2D eigenvalue weighted by Crippen LogP contribution is 2.27. The molecule has 6 nitrogen and oxygen atoms in total. The van der Waals surface area contributed by atoms with Gasteiger partial charge in [-0.05, 0) is 63.2 Å². The van der Waals surface area contributed by atoms with Gasteiger partial charge in [-0.1, -0.05) is 6.08 Å². The summed E-state index contributed by atoms with van der Waals surface area (Å²) in [6.45, 7) is 5.30. The topological polar surface area (TPSA) is 79.7 Å². The van der Waals surface area contributed by atoms with Crippen molar-refractivity contribution in [3.05, 3.63) is 65.4 Å². The minimum Gasteiger partial charge on any atom is -0.480 e. The second-order valence-electron chi connectivity index (χ2n) is 7.97. The van der Waals surface area contributed by atoms with Crippen molar-refractivity contribution in [2.24, 2.45) is 0 Å². The maximum Gasteiger partial charge on any atom is 0.319 e. The van der Waals surface area contributed by atoms with Crippen molar-refractivity contribution >= 4 is 29.5 Å². The third-order valence-corrected chi connectivity index (χ3v) is 6.14. The summed E-state index contributed by atoms with van der Waals surface area (Å²) in [6, 6.07) is 11.9. The van der Waals surface area contributed by atoms with Gasteiger partial charge in [0.25, 0.3) is 0 Å². The van der Waals surface area contributed by atoms with Gasteiger partial charge in [-0.2, -0.15) is 0 Å². The van der Waals surface area contributed by atoms with Crippen LogP contribution in [0, 0.1) is 6.92 Å². The van der Waals surface area contributed by atoms with E-state index in [1.165, 1.54) is 11.8 Å². The largest absolute Gasteiger partial charge is 0.480 e. The molecule has 0 bridgehead atoms. The van der Waals surface area contributed by atoms with E-state index in [-0.39, 0.29) is 0 Å². The predicted octanol–water partition coefficient (Wildman–Crippen LogP) is 5.51. The number of hydrogen-bond donors (Lipinski definition) is 1. The molecule has 1 N–H and O–H groups in total. The van der Waals surface area contributed by atoms with Crippen molar-refractivity contribution in [2.45, 2.75) is 31.9 Å². The molecule has 0 atom stereocenters. The highest BCUT2D eigenvalue weighted by molar-refractivity contribution is 8.01. The molecule has 7 heteroatoms. The average Bonchev–Trinajstić information content (AvgIpc) is 3.32. The summed E-state index contributed by atoms with van der Waals surface area (Å²) in [5.74, 6) is 2.67. The molecule has 0 amide bonds. The van der Waals surface area contributed by atoms with E-state index >= 15 is 0 Å². The van der Waals surface area contributed by atoms with Gasteiger partial charge in [0.1, 0.15) is 22.0 Å². The second kappa shape index (κ2) is 9.47. The van der Waals surface area contributed by atoms with Gasteiger partial charge in [0.15, 0.2) is 0 Å². The Balaban J connectivity index is 1.63. The van der Waals surface area contributed by atoms with Crippen LogP contribution >= 0.6 is 11.8 Å². The van der Waals surface area contributed by atoms with E-state index < -0.39 is 10.7 Å².